The van der Waals surface area contributed by atoms with E-state index in [1.165, 1.54) is 0 Å². The molecule has 0 radical (unpaired) electrons. The Bertz CT molecular complexity index is 540. The van der Waals surface area contributed by atoms with Crippen molar-refractivity contribution in [3.63, 3.8) is 0 Å². The summed E-state index contributed by atoms with van der Waals surface area (Å²) < 4.78 is 36.8. The van der Waals surface area contributed by atoms with Crippen LogP contribution in [0.2, 0.25) is 0 Å². The Hall–Kier alpha value is -1.62. The fourth-order valence-electron chi connectivity index (χ4n) is 1.69. The fraction of sp³-hybridized carbons (Fsp3) is 0.200. The van der Waals surface area contributed by atoms with Crippen LogP contribution in [0.4, 0.5) is 18.9 Å². The number of para-hydroxylation sites is 1. The Kier molecular flexibility index (Phi) is 4.95. The number of rotatable bonds is 5. The van der Waals surface area contributed by atoms with Crippen LogP contribution in [0.5, 0.6) is 0 Å². The lowest BCUT2D eigenvalue weighted by molar-refractivity contribution is -0.105. The molecule has 0 aromatic heterocycles. The summed E-state index contributed by atoms with van der Waals surface area (Å²) in [4.78, 5) is 0.612. The number of anilines is 1. The summed E-state index contributed by atoms with van der Waals surface area (Å²) >= 11 is 0.802. The normalized spacial score (nSPS) is 11.3. The number of hydrogen-bond acceptors (Lipinski definition) is 2. The van der Waals surface area contributed by atoms with Gasteiger partial charge in [0, 0.05) is 17.1 Å². The number of alkyl halides is 3. The van der Waals surface area contributed by atoms with Gasteiger partial charge in [0.1, 0.15) is 0 Å². The third-order valence-electron chi connectivity index (χ3n) is 2.60. The first-order valence-corrected chi connectivity index (χ1v) is 7.09. The molecule has 0 saturated heterocycles. The molecule has 0 amide bonds. The van der Waals surface area contributed by atoms with E-state index in [-0.39, 0.29) is 0 Å². The molecule has 2 aromatic carbocycles. The van der Waals surface area contributed by atoms with E-state index in [9.17, 15) is 13.2 Å². The van der Waals surface area contributed by atoms with Gasteiger partial charge in [-0.25, -0.2) is 0 Å². The van der Waals surface area contributed by atoms with Gasteiger partial charge in [-0.05, 0) is 17.7 Å². The number of halogens is 3. The highest BCUT2D eigenvalue weighted by molar-refractivity contribution is 7.99. The largest absolute Gasteiger partial charge is 0.398 e. The predicted molar refractivity (Wildman–Crippen MR) is 77.0 cm³/mol. The molecule has 0 fully saturated rings. The van der Waals surface area contributed by atoms with E-state index in [2.05, 4.69) is 5.32 Å². The van der Waals surface area contributed by atoms with E-state index < -0.39 is 11.9 Å². The van der Waals surface area contributed by atoms with Crippen molar-refractivity contribution in [3.8, 4) is 0 Å². The standard InChI is InChI=1S/C15H14F3NS/c16-15(17,18)11-20-14-9-5-4-8-13(14)19-10-12-6-2-1-3-7-12/h1-9,19H,10-11H2. The summed E-state index contributed by atoms with van der Waals surface area (Å²) in [6, 6.07) is 16.8. The van der Waals surface area contributed by atoms with Gasteiger partial charge in [-0.15, -0.1) is 11.8 Å². The highest BCUT2D eigenvalue weighted by Gasteiger charge is 2.27. The van der Waals surface area contributed by atoms with E-state index >= 15 is 0 Å². The Balaban J connectivity index is 2.01. The van der Waals surface area contributed by atoms with Crippen molar-refractivity contribution >= 4 is 17.4 Å². The number of thioether (sulfide) groups is 1. The zero-order valence-corrected chi connectivity index (χ0v) is 11.5. The molecular formula is C15H14F3NS. The van der Waals surface area contributed by atoms with Crippen molar-refractivity contribution in [2.75, 3.05) is 11.1 Å². The highest BCUT2D eigenvalue weighted by atomic mass is 32.2. The van der Waals surface area contributed by atoms with E-state index in [0.717, 1.165) is 23.0 Å². The Morgan fingerprint density at radius 3 is 2.25 bits per heavy atom. The van der Waals surface area contributed by atoms with Gasteiger partial charge in [-0.2, -0.15) is 13.2 Å². The molecule has 0 atom stereocenters. The van der Waals surface area contributed by atoms with Crippen LogP contribution >= 0.6 is 11.8 Å². The molecule has 0 saturated carbocycles. The van der Waals surface area contributed by atoms with Gasteiger partial charge in [0.2, 0.25) is 0 Å². The summed E-state index contributed by atoms with van der Waals surface area (Å²) in [6.07, 6.45) is -4.16. The molecule has 106 valence electrons. The SMILES string of the molecule is FC(F)(F)CSc1ccccc1NCc1ccccc1. The van der Waals surface area contributed by atoms with Gasteiger partial charge in [0.25, 0.3) is 0 Å². The maximum atomic E-state index is 12.3. The van der Waals surface area contributed by atoms with Crippen molar-refractivity contribution in [1.29, 1.82) is 0 Å². The molecule has 0 aliphatic heterocycles. The minimum Gasteiger partial charge on any atom is -0.380 e. The summed E-state index contributed by atoms with van der Waals surface area (Å²) in [5, 5.41) is 3.18. The zero-order chi connectivity index (χ0) is 14.4. The molecule has 1 N–H and O–H groups in total. The maximum Gasteiger partial charge on any atom is 0.398 e. The van der Waals surface area contributed by atoms with Gasteiger partial charge in [0.05, 0.1) is 5.75 Å². The first-order valence-electron chi connectivity index (χ1n) is 6.11. The average Bonchev–Trinajstić information content (AvgIpc) is 2.44. The maximum absolute atomic E-state index is 12.3. The molecule has 0 unspecified atom stereocenters. The van der Waals surface area contributed by atoms with E-state index in [4.69, 9.17) is 0 Å². The topological polar surface area (TPSA) is 12.0 Å². The summed E-state index contributed by atoms with van der Waals surface area (Å²) in [5.74, 6) is -0.878. The molecule has 1 nitrogen and oxygen atoms in total. The van der Waals surface area contributed by atoms with Crippen LogP contribution < -0.4 is 5.32 Å². The lowest BCUT2D eigenvalue weighted by Crippen LogP contribution is -2.11. The Labute approximate surface area is 120 Å². The minimum atomic E-state index is -4.16. The number of hydrogen-bond donors (Lipinski definition) is 1. The lowest BCUT2D eigenvalue weighted by Gasteiger charge is -2.12. The van der Waals surface area contributed by atoms with Gasteiger partial charge < -0.3 is 5.32 Å². The van der Waals surface area contributed by atoms with Crippen LogP contribution in [0.1, 0.15) is 5.56 Å². The predicted octanol–water partition coefficient (Wildman–Crippen LogP) is 4.95. The molecule has 0 bridgehead atoms. The fourth-order valence-corrected chi connectivity index (χ4v) is 2.48. The van der Waals surface area contributed by atoms with Gasteiger partial charge >= 0.3 is 6.18 Å². The number of benzene rings is 2. The van der Waals surface area contributed by atoms with Crippen molar-refractivity contribution in [2.45, 2.75) is 17.6 Å². The van der Waals surface area contributed by atoms with E-state index in [1.54, 1.807) is 18.2 Å². The molecule has 20 heavy (non-hydrogen) atoms. The first-order chi connectivity index (χ1) is 9.54. The molecular weight excluding hydrogens is 283 g/mol. The minimum absolute atomic E-state index is 0.588. The molecule has 5 heteroatoms. The van der Waals surface area contributed by atoms with Crippen molar-refractivity contribution < 1.29 is 13.2 Å². The smallest absolute Gasteiger partial charge is 0.380 e. The summed E-state index contributed by atoms with van der Waals surface area (Å²) in [7, 11) is 0. The molecule has 2 aromatic rings. The van der Waals surface area contributed by atoms with Crippen LogP contribution in [0.15, 0.2) is 59.5 Å². The highest BCUT2D eigenvalue weighted by Crippen LogP contribution is 2.32. The van der Waals surface area contributed by atoms with Crippen LogP contribution in [0.25, 0.3) is 0 Å². The molecule has 0 spiro atoms. The van der Waals surface area contributed by atoms with E-state index in [0.29, 0.717) is 11.4 Å². The summed E-state index contributed by atoms with van der Waals surface area (Å²) in [6.45, 7) is 0.588. The van der Waals surface area contributed by atoms with Gasteiger partial charge in [0.15, 0.2) is 0 Å². The third kappa shape index (κ3) is 4.81. The van der Waals surface area contributed by atoms with Crippen LogP contribution in [0, 0.1) is 0 Å². The monoisotopic (exact) mass is 297 g/mol. The Morgan fingerprint density at radius 1 is 0.900 bits per heavy atom. The lowest BCUT2D eigenvalue weighted by atomic mass is 10.2. The zero-order valence-electron chi connectivity index (χ0n) is 10.7. The Morgan fingerprint density at radius 2 is 1.55 bits per heavy atom. The molecule has 0 aliphatic carbocycles. The van der Waals surface area contributed by atoms with Crippen LogP contribution in [-0.2, 0) is 6.54 Å². The molecule has 0 aliphatic rings. The second-order valence-electron chi connectivity index (χ2n) is 4.24. The van der Waals surface area contributed by atoms with E-state index in [1.807, 2.05) is 36.4 Å². The number of nitrogens with one attached hydrogen (secondary N) is 1. The first kappa shape index (κ1) is 14.8. The second-order valence-corrected chi connectivity index (χ2v) is 5.26. The molecule has 2 rings (SSSR count). The van der Waals surface area contributed by atoms with Crippen molar-refractivity contribution in [1.82, 2.24) is 0 Å². The quantitative estimate of drug-likeness (QED) is 0.783. The van der Waals surface area contributed by atoms with Gasteiger partial charge in [-0.3, -0.25) is 0 Å². The van der Waals surface area contributed by atoms with Crippen LogP contribution in [0.3, 0.4) is 0 Å². The van der Waals surface area contributed by atoms with Crippen molar-refractivity contribution in [2.24, 2.45) is 0 Å². The molecule has 0 heterocycles. The summed E-state index contributed by atoms with van der Waals surface area (Å²) in [5.41, 5.74) is 1.81. The second kappa shape index (κ2) is 6.70. The van der Waals surface area contributed by atoms with Crippen molar-refractivity contribution in [3.05, 3.63) is 60.2 Å². The van der Waals surface area contributed by atoms with Gasteiger partial charge in [-0.1, -0.05) is 42.5 Å². The van der Waals surface area contributed by atoms with Crippen LogP contribution in [-0.4, -0.2) is 11.9 Å². The third-order valence-corrected chi connectivity index (χ3v) is 3.74. The average molecular weight is 297 g/mol.